The minimum absolute atomic E-state index is 0.0710. The third-order valence-electron chi connectivity index (χ3n) is 9.66. The van der Waals surface area contributed by atoms with E-state index in [1.165, 1.54) is 38.5 Å². The average molecular weight is 487 g/mol. The average Bonchev–Trinajstić information content (AvgIpc) is 3.11. The molecular formula is C30H50O3Si. The molecule has 4 heteroatoms. The molecule has 3 nitrogen and oxygen atoms in total. The SMILES string of the molecule is C[C@@H](CCC[C@H](C)[C@H]1CC[C@H]2C(OC(=O)c3ccccc3)CCC[C@]12C)O[Si](C)(C)C(C)(C)C. The smallest absolute Gasteiger partial charge is 0.338 e. The van der Waals surface area contributed by atoms with Crippen LogP contribution in [0.3, 0.4) is 0 Å². The Morgan fingerprint density at radius 1 is 1.09 bits per heavy atom. The van der Waals surface area contributed by atoms with Crippen molar-refractivity contribution in [3.63, 3.8) is 0 Å². The molecule has 6 atom stereocenters. The number of hydrogen-bond donors (Lipinski definition) is 0. The number of fused-ring (bicyclic) bond motifs is 1. The maximum atomic E-state index is 12.8. The lowest BCUT2D eigenvalue weighted by atomic mass is 9.61. The summed E-state index contributed by atoms with van der Waals surface area (Å²) >= 11 is 0. The molecule has 0 amide bonds. The summed E-state index contributed by atoms with van der Waals surface area (Å²) in [5, 5.41) is 0.267. The number of hydrogen-bond acceptors (Lipinski definition) is 3. The molecule has 0 saturated heterocycles. The number of esters is 1. The van der Waals surface area contributed by atoms with E-state index in [0.29, 0.717) is 28.9 Å². The molecule has 1 aromatic carbocycles. The van der Waals surface area contributed by atoms with Crippen LogP contribution in [0.1, 0.15) is 103 Å². The molecule has 0 aromatic heterocycles. The summed E-state index contributed by atoms with van der Waals surface area (Å²) in [5.41, 5.74) is 0.967. The zero-order valence-corrected chi connectivity index (χ0v) is 24.2. The van der Waals surface area contributed by atoms with Gasteiger partial charge in [-0.3, -0.25) is 0 Å². The molecule has 34 heavy (non-hydrogen) atoms. The van der Waals surface area contributed by atoms with Crippen molar-refractivity contribution in [1.82, 2.24) is 0 Å². The van der Waals surface area contributed by atoms with Crippen LogP contribution in [0.25, 0.3) is 0 Å². The highest BCUT2D eigenvalue weighted by Crippen LogP contribution is 2.59. The molecule has 0 spiro atoms. The summed E-state index contributed by atoms with van der Waals surface area (Å²) in [5.74, 6) is 1.79. The first-order valence-corrected chi connectivity index (χ1v) is 16.7. The normalized spacial score (nSPS) is 29.4. The lowest BCUT2D eigenvalue weighted by Gasteiger charge is -2.46. The Morgan fingerprint density at radius 3 is 2.41 bits per heavy atom. The highest BCUT2D eigenvalue weighted by molar-refractivity contribution is 6.74. The van der Waals surface area contributed by atoms with Gasteiger partial charge in [0, 0.05) is 12.0 Å². The number of carbonyl (C=O) groups excluding carboxylic acids is 1. The van der Waals surface area contributed by atoms with Gasteiger partial charge in [-0.2, -0.15) is 0 Å². The largest absolute Gasteiger partial charge is 0.458 e. The number of benzene rings is 1. The molecule has 192 valence electrons. The van der Waals surface area contributed by atoms with Crippen LogP contribution in [0.4, 0.5) is 0 Å². The van der Waals surface area contributed by atoms with Crippen molar-refractivity contribution in [2.45, 2.75) is 123 Å². The lowest BCUT2D eigenvalue weighted by Crippen LogP contribution is -2.43. The van der Waals surface area contributed by atoms with Crippen molar-refractivity contribution in [2.75, 3.05) is 0 Å². The second-order valence-electron chi connectivity index (χ2n) is 13.1. The zero-order valence-electron chi connectivity index (χ0n) is 23.2. The molecule has 2 saturated carbocycles. The van der Waals surface area contributed by atoms with Gasteiger partial charge in [0.15, 0.2) is 8.32 Å². The number of ether oxygens (including phenoxy) is 1. The van der Waals surface area contributed by atoms with Gasteiger partial charge in [0.1, 0.15) is 6.10 Å². The molecule has 0 N–H and O–H groups in total. The Labute approximate surface area is 210 Å². The van der Waals surface area contributed by atoms with Gasteiger partial charge in [-0.05, 0) is 93.0 Å². The summed E-state index contributed by atoms with van der Waals surface area (Å²) in [6.07, 6.45) is 10.0. The fourth-order valence-corrected chi connectivity index (χ4v) is 8.16. The van der Waals surface area contributed by atoms with Gasteiger partial charge in [0.2, 0.25) is 0 Å². The fourth-order valence-electron chi connectivity index (χ4n) is 6.68. The van der Waals surface area contributed by atoms with Crippen LogP contribution in [0.15, 0.2) is 30.3 Å². The first-order chi connectivity index (χ1) is 15.8. The molecule has 3 rings (SSSR count). The van der Waals surface area contributed by atoms with Crippen molar-refractivity contribution >= 4 is 14.3 Å². The Morgan fingerprint density at radius 2 is 1.76 bits per heavy atom. The van der Waals surface area contributed by atoms with Crippen molar-refractivity contribution < 1.29 is 14.0 Å². The Kier molecular flexibility index (Phi) is 8.77. The van der Waals surface area contributed by atoms with Crippen LogP contribution in [-0.2, 0) is 9.16 Å². The van der Waals surface area contributed by atoms with Gasteiger partial charge in [-0.15, -0.1) is 0 Å². The standard InChI is InChI=1S/C30H50O3Si/c1-22(14-12-15-23(2)33-34(7,8)29(3,4)5)25-19-20-26-27(18-13-21-30(25,26)6)32-28(31)24-16-10-9-11-17-24/h9-11,16-17,22-23,25-27H,12-15,18-21H2,1-8H3/t22-,23-,25+,26-,27?,30+/m0/s1. The van der Waals surface area contributed by atoms with E-state index in [-0.39, 0.29) is 17.1 Å². The second kappa shape index (κ2) is 10.9. The van der Waals surface area contributed by atoms with Gasteiger partial charge >= 0.3 is 5.97 Å². The Bertz CT molecular complexity index is 799. The van der Waals surface area contributed by atoms with Crippen LogP contribution < -0.4 is 0 Å². The molecule has 0 heterocycles. The first kappa shape index (κ1) is 27.5. The zero-order chi connectivity index (χ0) is 25.1. The van der Waals surface area contributed by atoms with Gasteiger partial charge in [0.05, 0.1) is 5.56 Å². The lowest BCUT2D eigenvalue weighted by molar-refractivity contribution is -0.0473. The van der Waals surface area contributed by atoms with Gasteiger partial charge in [-0.1, -0.05) is 65.7 Å². The monoisotopic (exact) mass is 486 g/mol. The Balaban J connectivity index is 1.53. The van der Waals surface area contributed by atoms with E-state index >= 15 is 0 Å². The van der Waals surface area contributed by atoms with Gasteiger partial charge in [0.25, 0.3) is 0 Å². The third kappa shape index (κ3) is 6.16. The molecule has 1 unspecified atom stereocenters. The van der Waals surface area contributed by atoms with E-state index in [4.69, 9.17) is 9.16 Å². The molecule has 2 fully saturated rings. The highest BCUT2D eigenvalue weighted by Gasteiger charge is 2.53. The van der Waals surface area contributed by atoms with E-state index in [1.54, 1.807) is 0 Å². The summed E-state index contributed by atoms with van der Waals surface area (Å²) < 4.78 is 12.7. The van der Waals surface area contributed by atoms with E-state index in [2.05, 4.69) is 54.6 Å². The van der Waals surface area contributed by atoms with E-state index in [9.17, 15) is 4.79 Å². The molecule has 0 aliphatic heterocycles. The summed E-state index contributed by atoms with van der Waals surface area (Å²) in [4.78, 5) is 12.8. The molecule has 0 radical (unpaired) electrons. The summed E-state index contributed by atoms with van der Waals surface area (Å²) in [6, 6.07) is 9.48. The first-order valence-electron chi connectivity index (χ1n) is 13.8. The van der Waals surface area contributed by atoms with E-state index < -0.39 is 8.32 Å². The third-order valence-corrected chi connectivity index (χ3v) is 14.3. The Hall–Kier alpha value is -1.13. The van der Waals surface area contributed by atoms with Gasteiger partial charge < -0.3 is 9.16 Å². The predicted octanol–water partition coefficient (Wildman–Crippen LogP) is 8.65. The minimum atomic E-state index is -1.69. The quantitative estimate of drug-likeness (QED) is 0.259. The molecule has 2 aliphatic rings. The molecular weight excluding hydrogens is 436 g/mol. The molecule has 2 aliphatic carbocycles. The summed E-state index contributed by atoms with van der Waals surface area (Å²) in [7, 11) is -1.69. The predicted molar refractivity (Wildman–Crippen MR) is 145 cm³/mol. The van der Waals surface area contributed by atoms with Crippen LogP contribution in [-0.4, -0.2) is 26.5 Å². The maximum absolute atomic E-state index is 12.8. The molecule has 0 bridgehead atoms. The van der Waals surface area contributed by atoms with E-state index in [1.807, 2.05) is 30.3 Å². The second-order valence-corrected chi connectivity index (χ2v) is 17.9. The maximum Gasteiger partial charge on any atom is 0.338 e. The fraction of sp³-hybridized carbons (Fsp3) is 0.767. The van der Waals surface area contributed by atoms with E-state index in [0.717, 1.165) is 18.8 Å². The number of rotatable bonds is 9. The minimum Gasteiger partial charge on any atom is -0.458 e. The van der Waals surface area contributed by atoms with Crippen LogP contribution in [0.2, 0.25) is 18.1 Å². The van der Waals surface area contributed by atoms with Crippen molar-refractivity contribution in [3.8, 4) is 0 Å². The van der Waals surface area contributed by atoms with Crippen LogP contribution >= 0.6 is 0 Å². The van der Waals surface area contributed by atoms with Crippen molar-refractivity contribution in [3.05, 3.63) is 35.9 Å². The number of carbonyl (C=O) groups is 1. The highest BCUT2D eigenvalue weighted by atomic mass is 28.4. The molecule has 1 aromatic rings. The van der Waals surface area contributed by atoms with Crippen molar-refractivity contribution in [2.24, 2.45) is 23.2 Å². The topological polar surface area (TPSA) is 35.5 Å². The van der Waals surface area contributed by atoms with Crippen LogP contribution in [0.5, 0.6) is 0 Å². The van der Waals surface area contributed by atoms with Gasteiger partial charge in [-0.25, -0.2) is 4.79 Å². The van der Waals surface area contributed by atoms with Crippen molar-refractivity contribution in [1.29, 1.82) is 0 Å². The van der Waals surface area contributed by atoms with Crippen LogP contribution in [0, 0.1) is 23.2 Å². The summed E-state index contributed by atoms with van der Waals surface area (Å²) in [6.45, 7) is 18.9.